The van der Waals surface area contributed by atoms with Crippen molar-refractivity contribution in [1.29, 1.82) is 0 Å². The predicted molar refractivity (Wildman–Crippen MR) is 126 cm³/mol. The first-order valence-corrected chi connectivity index (χ1v) is 11.2. The largest absolute Gasteiger partial charge is 0.466 e. The van der Waals surface area contributed by atoms with Gasteiger partial charge in [-0.3, -0.25) is 9.69 Å². The number of pyridine rings is 1. The normalized spacial score (nSPS) is 15.7. The number of benzene rings is 1. The van der Waals surface area contributed by atoms with E-state index in [1.807, 2.05) is 33.0 Å². The van der Waals surface area contributed by atoms with Gasteiger partial charge in [-0.1, -0.05) is 18.2 Å². The average molecular weight is 437 g/mol. The fraction of sp³-hybridized carbons (Fsp3) is 0.458. The third-order valence-corrected chi connectivity index (χ3v) is 6.08. The van der Waals surface area contributed by atoms with Crippen LogP contribution in [0.4, 0.5) is 5.69 Å². The van der Waals surface area contributed by atoms with E-state index < -0.39 is 0 Å². The summed E-state index contributed by atoms with van der Waals surface area (Å²) in [4.78, 5) is 21.8. The number of hydrogen-bond acceptors (Lipinski definition) is 6. The summed E-state index contributed by atoms with van der Waals surface area (Å²) in [5.41, 5.74) is 4.01. The van der Waals surface area contributed by atoms with E-state index in [1.165, 1.54) is 5.69 Å². The van der Waals surface area contributed by atoms with Crippen LogP contribution in [0.25, 0.3) is 11.0 Å². The molecule has 8 nitrogen and oxygen atoms in total. The van der Waals surface area contributed by atoms with Crippen molar-refractivity contribution in [3.8, 4) is 5.88 Å². The Balaban J connectivity index is 1.25. The molecule has 1 fully saturated rings. The molecule has 0 unspecified atom stereocenters. The van der Waals surface area contributed by atoms with Crippen molar-refractivity contribution in [3.05, 3.63) is 47.7 Å². The number of nitrogens with zero attached hydrogens (tertiary/aromatic N) is 5. The highest BCUT2D eigenvalue weighted by Crippen LogP contribution is 2.27. The summed E-state index contributed by atoms with van der Waals surface area (Å²) in [6, 6.07) is 12.8. The van der Waals surface area contributed by atoms with Crippen molar-refractivity contribution in [1.82, 2.24) is 25.0 Å². The van der Waals surface area contributed by atoms with Crippen molar-refractivity contribution < 1.29 is 9.53 Å². The first-order chi connectivity index (χ1) is 15.4. The number of rotatable bonds is 7. The number of anilines is 1. The Kier molecular flexibility index (Phi) is 6.60. The molecule has 170 valence electrons. The van der Waals surface area contributed by atoms with Gasteiger partial charge in [0, 0.05) is 57.2 Å². The van der Waals surface area contributed by atoms with E-state index in [2.05, 4.69) is 56.4 Å². The van der Waals surface area contributed by atoms with Crippen LogP contribution < -0.4 is 15.0 Å². The molecule has 1 saturated heterocycles. The molecular weight excluding hydrogens is 404 g/mol. The predicted octanol–water partition coefficient (Wildman–Crippen LogP) is 2.29. The van der Waals surface area contributed by atoms with Gasteiger partial charge in [-0.2, -0.15) is 0 Å². The Hall–Kier alpha value is -3.13. The van der Waals surface area contributed by atoms with Crippen LogP contribution in [0.2, 0.25) is 0 Å². The summed E-state index contributed by atoms with van der Waals surface area (Å²) >= 11 is 0. The molecule has 2 aromatic heterocycles. The van der Waals surface area contributed by atoms with Gasteiger partial charge in [0.25, 0.3) is 5.91 Å². The minimum absolute atomic E-state index is 0.0616. The third kappa shape index (κ3) is 4.85. The van der Waals surface area contributed by atoms with Crippen LogP contribution >= 0.6 is 0 Å². The Morgan fingerprint density at radius 1 is 1.16 bits per heavy atom. The maximum atomic E-state index is 12.4. The lowest BCUT2D eigenvalue weighted by molar-refractivity contribution is -0.123. The molecule has 0 spiro atoms. The van der Waals surface area contributed by atoms with E-state index in [0.29, 0.717) is 12.4 Å². The second-order valence-electron chi connectivity index (χ2n) is 8.51. The highest BCUT2D eigenvalue weighted by atomic mass is 16.5. The quantitative estimate of drug-likeness (QED) is 0.613. The number of hydrogen-bond donors (Lipinski definition) is 1. The molecule has 32 heavy (non-hydrogen) atoms. The number of aromatic nitrogens is 3. The van der Waals surface area contributed by atoms with Crippen LogP contribution in [0, 0.1) is 13.8 Å². The number of ether oxygens (including phenoxy) is 1. The van der Waals surface area contributed by atoms with E-state index in [-0.39, 0.29) is 18.6 Å². The molecule has 0 aliphatic carbocycles. The highest BCUT2D eigenvalue weighted by molar-refractivity contribution is 5.85. The molecule has 3 heterocycles. The maximum Gasteiger partial charge on any atom is 0.258 e. The molecular formula is C24H32N6O2. The fourth-order valence-corrected chi connectivity index (χ4v) is 4.29. The smallest absolute Gasteiger partial charge is 0.258 e. The zero-order valence-corrected chi connectivity index (χ0v) is 19.3. The molecule has 1 N–H and O–H groups in total. The van der Waals surface area contributed by atoms with Gasteiger partial charge < -0.3 is 15.0 Å². The second-order valence-corrected chi connectivity index (χ2v) is 8.51. The molecule has 1 aromatic carbocycles. The van der Waals surface area contributed by atoms with E-state index in [4.69, 9.17) is 4.74 Å². The summed E-state index contributed by atoms with van der Waals surface area (Å²) in [5.74, 6) is 0.309. The van der Waals surface area contributed by atoms with Crippen LogP contribution in [0.3, 0.4) is 0 Å². The molecule has 1 aliphatic heterocycles. The number of carbonyl (C=O) groups excluding carboxylic acids is 1. The van der Waals surface area contributed by atoms with Crippen molar-refractivity contribution in [3.63, 3.8) is 0 Å². The standard InChI is InChI=1S/C24H32N6O2/c1-17-14-18(2)26-23-22(17)24(27-28(23)4)32-16-21(31)25-15-19(3)29-10-12-30(13-11-29)20-8-6-5-7-9-20/h5-9,14,19H,10-13,15-16H2,1-4H3,(H,25,31)/t19-/m0/s1. The van der Waals surface area contributed by atoms with Crippen LogP contribution in [-0.4, -0.2) is 70.9 Å². The van der Waals surface area contributed by atoms with Gasteiger partial charge in [-0.25, -0.2) is 9.67 Å². The molecule has 3 aromatic rings. The molecule has 1 atom stereocenters. The topological polar surface area (TPSA) is 75.5 Å². The van der Waals surface area contributed by atoms with Gasteiger partial charge in [0.2, 0.25) is 5.88 Å². The van der Waals surface area contributed by atoms with Crippen molar-refractivity contribution in [2.24, 2.45) is 7.05 Å². The Bertz CT molecular complexity index is 1070. The van der Waals surface area contributed by atoms with Crippen LogP contribution in [0.5, 0.6) is 5.88 Å². The molecule has 8 heteroatoms. The lowest BCUT2D eigenvalue weighted by Crippen LogP contribution is -2.52. The lowest BCUT2D eigenvalue weighted by Gasteiger charge is -2.39. The average Bonchev–Trinajstić information content (AvgIpc) is 3.12. The zero-order valence-electron chi connectivity index (χ0n) is 19.3. The minimum Gasteiger partial charge on any atom is -0.466 e. The number of fused-ring (bicyclic) bond motifs is 1. The molecule has 0 bridgehead atoms. The number of nitrogens with one attached hydrogen (secondary N) is 1. The number of piperazine rings is 1. The van der Waals surface area contributed by atoms with Gasteiger partial charge in [0.05, 0.1) is 5.39 Å². The van der Waals surface area contributed by atoms with Crippen LogP contribution in [0.15, 0.2) is 36.4 Å². The van der Waals surface area contributed by atoms with E-state index in [9.17, 15) is 4.79 Å². The number of carbonyl (C=O) groups is 1. The minimum atomic E-state index is -0.142. The summed E-state index contributed by atoms with van der Waals surface area (Å²) in [7, 11) is 1.83. The number of amides is 1. The fourth-order valence-electron chi connectivity index (χ4n) is 4.29. The number of para-hydroxylation sites is 1. The zero-order chi connectivity index (χ0) is 22.7. The molecule has 4 rings (SSSR count). The summed E-state index contributed by atoms with van der Waals surface area (Å²) in [6.07, 6.45) is 0. The molecule has 1 amide bonds. The van der Waals surface area contributed by atoms with Crippen molar-refractivity contribution in [2.75, 3.05) is 44.2 Å². The summed E-state index contributed by atoms with van der Waals surface area (Å²) < 4.78 is 7.45. The van der Waals surface area contributed by atoms with Crippen LogP contribution in [0.1, 0.15) is 18.2 Å². The van der Waals surface area contributed by atoms with Gasteiger partial charge in [0.15, 0.2) is 12.3 Å². The summed E-state index contributed by atoms with van der Waals surface area (Å²) in [5, 5.41) is 8.26. The van der Waals surface area contributed by atoms with Gasteiger partial charge >= 0.3 is 0 Å². The van der Waals surface area contributed by atoms with E-state index >= 15 is 0 Å². The van der Waals surface area contributed by atoms with Gasteiger partial charge in [0.1, 0.15) is 0 Å². The Labute approximate surface area is 189 Å². The monoisotopic (exact) mass is 436 g/mol. The third-order valence-electron chi connectivity index (χ3n) is 6.08. The SMILES string of the molecule is Cc1cc(C)c2c(OCC(=O)NC[C@H](C)N3CCN(c4ccccc4)CC3)nn(C)c2n1. The van der Waals surface area contributed by atoms with Crippen molar-refractivity contribution >= 4 is 22.6 Å². The first-order valence-electron chi connectivity index (χ1n) is 11.2. The highest BCUT2D eigenvalue weighted by Gasteiger charge is 2.22. The molecule has 1 aliphatic rings. The first kappa shape index (κ1) is 22.1. The van der Waals surface area contributed by atoms with E-state index in [0.717, 1.165) is 48.5 Å². The maximum absolute atomic E-state index is 12.4. The van der Waals surface area contributed by atoms with Crippen LogP contribution in [-0.2, 0) is 11.8 Å². The van der Waals surface area contributed by atoms with Gasteiger partial charge in [-0.15, -0.1) is 5.10 Å². The molecule has 0 saturated carbocycles. The Morgan fingerprint density at radius 3 is 2.59 bits per heavy atom. The second kappa shape index (κ2) is 9.56. The van der Waals surface area contributed by atoms with Crippen molar-refractivity contribution in [2.45, 2.75) is 26.8 Å². The molecule has 0 radical (unpaired) electrons. The summed E-state index contributed by atoms with van der Waals surface area (Å²) in [6.45, 7) is 10.6. The van der Waals surface area contributed by atoms with Gasteiger partial charge in [-0.05, 0) is 44.5 Å². The lowest BCUT2D eigenvalue weighted by atomic mass is 10.2. The van der Waals surface area contributed by atoms with E-state index in [1.54, 1.807) is 4.68 Å². The number of aryl methyl sites for hydroxylation is 3. The Morgan fingerprint density at radius 2 is 1.88 bits per heavy atom.